The zero-order valence-corrected chi connectivity index (χ0v) is 10.8. The molecule has 1 atom stereocenters. The van der Waals surface area contributed by atoms with Crippen LogP contribution in [0.15, 0.2) is 22.7 Å². The van der Waals surface area contributed by atoms with Crippen LogP contribution in [0.4, 0.5) is 5.69 Å². The predicted molar refractivity (Wildman–Crippen MR) is 68.5 cm³/mol. The van der Waals surface area contributed by atoms with Gasteiger partial charge in [0.2, 0.25) is 0 Å². The van der Waals surface area contributed by atoms with Crippen LogP contribution in [-0.4, -0.2) is 19.6 Å². The third-order valence-electron chi connectivity index (χ3n) is 2.89. The maximum atomic E-state index is 6.06. The van der Waals surface area contributed by atoms with Gasteiger partial charge in [0.05, 0.1) is 5.02 Å². The van der Waals surface area contributed by atoms with E-state index >= 15 is 0 Å². The summed E-state index contributed by atoms with van der Waals surface area (Å²) in [6.45, 7) is 2.91. The molecule has 15 heavy (non-hydrogen) atoms. The van der Waals surface area contributed by atoms with Crippen molar-refractivity contribution >= 4 is 33.2 Å². The van der Waals surface area contributed by atoms with Crippen LogP contribution in [0.5, 0.6) is 0 Å². The third-order valence-corrected chi connectivity index (χ3v) is 4.12. The van der Waals surface area contributed by atoms with E-state index in [0.29, 0.717) is 5.92 Å². The Hall–Kier alpha value is -0.250. The second kappa shape index (κ2) is 4.73. The van der Waals surface area contributed by atoms with Crippen molar-refractivity contribution in [2.24, 2.45) is 11.7 Å². The van der Waals surface area contributed by atoms with Crippen LogP contribution in [0.25, 0.3) is 0 Å². The van der Waals surface area contributed by atoms with Gasteiger partial charge in [-0.1, -0.05) is 11.6 Å². The highest BCUT2D eigenvalue weighted by atomic mass is 79.9. The fraction of sp³-hybridized carbons (Fsp3) is 0.455. The van der Waals surface area contributed by atoms with Crippen LogP contribution >= 0.6 is 27.5 Å². The molecule has 0 aromatic heterocycles. The second-order valence-electron chi connectivity index (χ2n) is 3.93. The van der Waals surface area contributed by atoms with E-state index in [1.807, 2.05) is 12.1 Å². The van der Waals surface area contributed by atoms with E-state index in [1.165, 1.54) is 12.1 Å². The molecule has 1 aliphatic rings. The molecular weight excluding hydrogens is 275 g/mol. The highest BCUT2D eigenvalue weighted by Gasteiger charge is 2.21. The van der Waals surface area contributed by atoms with Crippen LogP contribution < -0.4 is 10.6 Å². The lowest BCUT2D eigenvalue weighted by Gasteiger charge is -2.18. The fourth-order valence-electron chi connectivity index (χ4n) is 1.94. The molecule has 2 rings (SSSR count). The summed E-state index contributed by atoms with van der Waals surface area (Å²) in [5.41, 5.74) is 6.86. The smallest absolute Gasteiger partial charge is 0.0568 e. The summed E-state index contributed by atoms with van der Waals surface area (Å²) in [5, 5.41) is 0.767. The normalized spacial score (nSPS) is 21.0. The van der Waals surface area contributed by atoms with Crippen LogP contribution in [0.3, 0.4) is 0 Å². The number of benzene rings is 1. The Kier molecular flexibility index (Phi) is 3.54. The lowest BCUT2D eigenvalue weighted by Crippen LogP contribution is -2.22. The molecule has 0 bridgehead atoms. The number of rotatable bonds is 2. The standard InChI is InChI=1S/C11H14BrClN2/c12-10-2-1-9(5-11(10)13)15-4-3-8(6-14)7-15/h1-2,5,8H,3-4,6-7,14H2. The van der Waals surface area contributed by atoms with Gasteiger partial charge in [0, 0.05) is 23.2 Å². The summed E-state index contributed by atoms with van der Waals surface area (Å²) in [6.07, 6.45) is 1.18. The molecule has 0 radical (unpaired) electrons. The van der Waals surface area contributed by atoms with Crippen molar-refractivity contribution in [3.05, 3.63) is 27.7 Å². The first-order valence-electron chi connectivity index (χ1n) is 5.11. The zero-order chi connectivity index (χ0) is 10.8. The van der Waals surface area contributed by atoms with Crippen molar-refractivity contribution in [3.63, 3.8) is 0 Å². The van der Waals surface area contributed by atoms with Crippen molar-refractivity contribution in [1.82, 2.24) is 0 Å². The van der Waals surface area contributed by atoms with Gasteiger partial charge in [-0.3, -0.25) is 0 Å². The van der Waals surface area contributed by atoms with Gasteiger partial charge in [-0.15, -0.1) is 0 Å². The van der Waals surface area contributed by atoms with Crippen LogP contribution in [0, 0.1) is 5.92 Å². The number of hydrogen-bond acceptors (Lipinski definition) is 2. The maximum Gasteiger partial charge on any atom is 0.0568 e. The lowest BCUT2D eigenvalue weighted by atomic mass is 10.1. The Labute approximate surface area is 104 Å². The highest BCUT2D eigenvalue weighted by Crippen LogP contribution is 2.30. The molecule has 82 valence electrons. The molecule has 0 spiro atoms. The first kappa shape index (κ1) is 11.2. The first-order chi connectivity index (χ1) is 7.20. The van der Waals surface area contributed by atoms with E-state index in [0.717, 1.165) is 29.1 Å². The fourth-order valence-corrected chi connectivity index (χ4v) is 2.36. The zero-order valence-electron chi connectivity index (χ0n) is 8.42. The quantitative estimate of drug-likeness (QED) is 0.907. The molecule has 1 aromatic carbocycles. The van der Waals surface area contributed by atoms with E-state index in [4.69, 9.17) is 17.3 Å². The number of halogens is 2. The summed E-state index contributed by atoms with van der Waals surface area (Å²) in [6, 6.07) is 6.09. The molecule has 1 heterocycles. The van der Waals surface area contributed by atoms with Gasteiger partial charge in [0.25, 0.3) is 0 Å². The van der Waals surface area contributed by atoms with Gasteiger partial charge < -0.3 is 10.6 Å². The molecule has 2 N–H and O–H groups in total. The average molecular weight is 290 g/mol. The lowest BCUT2D eigenvalue weighted by molar-refractivity contribution is 0.602. The minimum absolute atomic E-state index is 0.632. The molecule has 1 saturated heterocycles. The Morgan fingerprint density at radius 3 is 2.93 bits per heavy atom. The van der Waals surface area contributed by atoms with Gasteiger partial charge in [-0.25, -0.2) is 0 Å². The molecular formula is C11H14BrClN2. The molecule has 1 aliphatic heterocycles. The van der Waals surface area contributed by atoms with Crippen molar-refractivity contribution < 1.29 is 0 Å². The van der Waals surface area contributed by atoms with E-state index in [9.17, 15) is 0 Å². The van der Waals surface area contributed by atoms with Crippen molar-refractivity contribution in [2.75, 3.05) is 24.5 Å². The Morgan fingerprint density at radius 2 is 2.33 bits per heavy atom. The molecule has 2 nitrogen and oxygen atoms in total. The van der Waals surface area contributed by atoms with Gasteiger partial charge in [0.1, 0.15) is 0 Å². The highest BCUT2D eigenvalue weighted by molar-refractivity contribution is 9.10. The topological polar surface area (TPSA) is 29.3 Å². The van der Waals surface area contributed by atoms with Crippen molar-refractivity contribution in [2.45, 2.75) is 6.42 Å². The summed E-state index contributed by atoms with van der Waals surface area (Å²) in [7, 11) is 0. The minimum atomic E-state index is 0.632. The molecule has 4 heteroatoms. The summed E-state index contributed by atoms with van der Waals surface area (Å²) in [4.78, 5) is 2.34. The Bertz CT molecular complexity index is 356. The maximum absolute atomic E-state index is 6.06. The summed E-state index contributed by atoms with van der Waals surface area (Å²) in [5.74, 6) is 0.632. The molecule has 1 unspecified atom stereocenters. The van der Waals surface area contributed by atoms with Gasteiger partial charge in [0.15, 0.2) is 0 Å². The van der Waals surface area contributed by atoms with Crippen molar-refractivity contribution in [1.29, 1.82) is 0 Å². The molecule has 1 aromatic rings. The number of anilines is 1. The summed E-state index contributed by atoms with van der Waals surface area (Å²) >= 11 is 9.46. The van der Waals surface area contributed by atoms with E-state index in [2.05, 4.69) is 26.9 Å². The molecule has 0 saturated carbocycles. The molecule has 0 aliphatic carbocycles. The average Bonchev–Trinajstić information content (AvgIpc) is 2.70. The SMILES string of the molecule is NCC1CCN(c2ccc(Br)c(Cl)c2)C1. The number of nitrogens with zero attached hydrogens (tertiary/aromatic N) is 1. The minimum Gasteiger partial charge on any atom is -0.371 e. The number of hydrogen-bond donors (Lipinski definition) is 1. The van der Waals surface area contributed by atoms with E-state index in [-0.39, 0.29) is 0 Å². The molecule has 0 amide bonds. The van der Waals surface area contributed by atoms with E-state index < -0.39 is 0 Å². The Balaban J connectivity index is 2.13. The van der Waals surface area contributed by atoms with E-state index in [1.54, 1.807) is 0 Å². The van der Waals surface area contributed by atoms with Gasteiger partial charge in [-0.05, 0) is 53.0 Å². The van der Waals surface area contributed by atoms with Crippen LogP contribution in [0.1, 0.15) is 6.42 Å². The third kappa shape index (κ3) is 2.47. The molecule has 1 fully saturated rings. The largest absolute Gasteiger partial charge is 0.371 e. The van der Waals surface area contributed by atoms with Crippen molar-refractivity contribution in [3.8, 4) is 0 Å². The van der Waals surface area contributed by atoms with Crippen LogP contribution in [0.2, 0.25) is 5.02 Å². The monoisotopic (exact) mass is 288 g/mol. The Morgan fingerprint density at radius 1 is 1.53 bits per heavy atom. The first-order valence-corrected chi connectivity index (χ1v) is 6.28. The second-order valence-corrected chi connectivity index (χ2v) is 5.20. The van der Waals surface area contributed by atoms with Crippen LogP contribution in [-0.2, 0) is 0 Å². The van der Waals surface area contributed by atoms with Gasteiger partial charge in [-0.2, -0.15) is 0 Å². The number of nitrogens with two attached hydrogens (primary N) is 1. The van der Waals surface area contributed by atoms with Gasteiger partial charge >= 0.3 is 0 Å². The summed E-state index contributed by atoms with van der Waals surface area (Å²) < 4.78 is 0.947. The predicted octanol–water partition coefficient (Wildman–Crippen LogP) is 2.89.